The van der Waals surface area contributed by atoms with Crippen molar-refractivity contribution in [2.45, 2.75) is 12.8 Å². The van der Waals surface area contributed by atoms with E-state index < -0.39 is 0 Å². The Hall–Kier alpha value is -1.35. The van der Waals surface area contributed by atoms with Crippen LogP contribution >= 0.6 is 0 Å². The van der Waals surface area contributed by atoms with Crippen molar-refractivity contribution in [3.63, 3.8) is 0 Å². The second kappa shape index (κ2) is 4.62. The zero-order valence-corrected chi connectivity index (χ0v) is 7.36. The van der Waals surface area contributed by atoms with Gasteiger partial charge in [0, 0.05) is 5.56 Å². The second-order valence-electron chi connectivity index (χ2n) is 2.89. The van der Waals surface area contributed by atoms with Crippen molar-refractivity contribution in [1.29, 1.82) is 0 Å². The standard InChI is InChI=1S/C10H13NO2/c11-5-1-2-8-6-10(13)4-3-9(8)7-12/h3-4,6-7,13H,1-2,5,11H2. The molecule has 0 aromatic heterocycles. The highest BCUT2D eigenvalue weighted by molar-refractivity contribution is 5.77. The zero-order valence-electron chi connectivity index (χ0n) is 7.36. The summed E-state index contributed by atoms with van der Waals surface area (Å²) < 4.78 is 0. The molecule has 13 heavy (non-hydrogen) atoms. The van der Waals surface area contributed by atoms with E-state index in [9.17, 15) is 9.90 Å². The van der Waals surface area contributed by atoms with Crippen molar-refractivity contribution in [3.8, 4) is 5.75 Å². The minimum atomic E-state index is 0.192. The molecular formula is C10H13NO2. The molecule has 0 aliphatic rings. The van der Waals surface area contributed by atoms with Crippen LogP contribution in [0.1, 0.15) is 22.3 Å². The summed E-state index contributed by atoms with van der Waals surface area (Å²) in [5, 5.41) is 9.19. The highest BCUT2D eigenvalue weighted by Gasteiger charge is 2.01. The van der Waals surface area contributed by atoms with Crippen LogP contribution in [0.25, 0.3) is 0 Å². The fourth-order valence-corrected chi connectivity index (χ4v) is 1.22. The van der Waals surface area contributed by atoms with E-state index in [0.29, 0.717) is 12.1 Å². The molecule has 0 saturated carbocycles. The molecule has 3 N–H and O–H groups in total. The highest BCUT2D eigenvalue weighted by atomic mass is 16.3. The molecule has 0 bridgehead atoms. The molecule has 70 valence electrons. The molecule has 0 radical (unpaired) electrons. The lowest BCUT2D eigenvalue weighted by molar-refractivity contribution is 0.112. The summed E-state index contributed by atoms with van der Waals surface area (Å²) in [6.45, 7) is 0.591. The summed E-state index contributed by atoms with van der Waals surface area (Å²) >= 11 is 0. The summed E-state index contributed by atoms with van der Waals surface area (Å²) in [6.07, 6.45) is 2.36. The van der Waals surface area contributed by atoms with Gasteiger partial charge in [-0.05, 0) is 43.1 Å². The van der Waals surface area contributed by atoms with Gasteiger partial charge in [0.15, 0.2) is 0 Å². The lowest BCUT2D eigenvalue weighted by Gasteiger charge is -2.03. The number of hydrogen-bond acceptors (Lipinski definition) is 3. The number of carbonyl (C=O) groups is 1. The Morgan fingerprint density at radius 3 is 2.85 bits per heavy atom. The molecular weight excluding hydrogens is 166 g/mol. The molecule has 0 aliphatic heterocycles. The monoisotopic (exact) mass is 179 g/mol. The van der Waals surface area contributed by atoms with E-state index in [1.807, 2.05) is 0 Å². The van der Waals surface area contributed by atoms with Crippen molar-refractivity contribution in [3.05, 3.63) is 29.3 Å². The number of hydrogen-bond donors (Lipinski definition) is 2. The molecule has 0 unspecified atom stereocenters. The zero-order chi connectivity index (χ0) is 9.68. The van der Waals surface area contributed by atoms with E-state index >= 15 is 0 Å². The molecule has 0 atom stereocenters. The first-order valence-corrected chi connectivity index (χ1v) is 4.25. The van der Waals surface area contributed by atoms with E-state index in [-0.39, 0.29) is 5.75 Å². The van der Waals surface area contributed by atoms with E-state index in [2.05, 4.69) is 0 Å². The van der Waals surface area contributed by atoms with Gasteiger partial charge in [0.25, 0.3) is 0 Å². The topological polar surface area (TPSA) is 63.3 Å². The maximum atomic E-state index is 10.6. The number of rotatable bonds is 4. The van der Waals surface area contributed by atoms with Crippen molar-refractivity contribution in [2.75, 3.05) is 6.54 Å². The third-order valence-electron chi connectivity index (χ3n) is 1.90. The molecule has 3 heteroatoms. The smallest absolute Gasteiger partial charge is 0.150 e. The van der Waals surface area contributed by atoms with Gasteiger partial charge in [0.05, 0.1) is 0 Å². The Labute approximate surface area is 77.2 Å². The molecule has 1 aromatic rings. The number of phenols is 1. The summed E-state index contributed by atoms with van der Waals surface area (Å²) in [4.78, 5) is 10.6. The Balaban J connectivity index is 2.87. The fourth-order valence-electron chi connectivity index (χ4n) is 1.22. The quantitative estimate of drug-likeness (QED) is 0.680. The summed E-state index contributed by atoms with van der Waals surface area (Å²) in [7, 11) is 0. The minimum absolute atomic E-state index is 0.192. The van der Waals surface area contributed by atoms with Gasteiger partial charge in [-0.1, -0.05) is 0 Å². The van der Waals surface area contributed by atoms with Crippen LogP contribution in [0.4, 0.5) is 0 Å². The van der Waals surface area contributed by atoms with E-state index in [0.717, 1.165) is 24.7 Å². The first-order valence-electron chi connectivity index (χ1n) is 4.25. The number of aryl methyl sites for hydroxylation is 1. The molecule has 0 saturated heterocycles. The van der Waals surface area contributed by atoms with Gasteiger partial charge in [0.2, 0.25) is 0 Å². The Kier molecular flexibility index (Phi) is 3.46. The molecule has 1 rings (SSSR count). The number of carbonyl (C=O) groups excluding carboxylic acids is 1. The van der Waals surface area contributed by atoms with Crippen LogP contribution in [-0.2, 0) is 6.42 Å². The van der Waals surface area contributed by atoms with Crippen LogP contribution in [0.3, 0.4) is 0 Å². The molecule has 1 aromatic carbocycles. The van der Waals surface area contributed by atoms with Crippen LogP contribution < -0.4 is 5.73 Å². The minimum Gasteiger partial charge on any atom is -0.508 e. The van der Waals surface area contributed by atoms with Gasteiger partial charge in [-0.3, -0.25) is 4.79 Å². The number of aromatic hydroxyl groups is 1. The van der Waals surface area contributed by atoms with Gasteiger partial charge in [-0.15, -0.1) is 0 Å². The maximum absolute atomic E-state index is 10.6. The average molecular weight is 179 g/mol. The van der Waals surface area contributed by atoms with Gasteiger partial charge < -0.3 is 10.8 Å². The molecule has 0 amide bonds. The molecule has 0 spiro atoms. The highest BCUT2D eigenvalue weighted by Crippen LogP contribution is 2.16. The average Bonchev–Trinajstić information content (AvgIpc) is 2.15. The summed E-state index contributed by atoms with van der Waals surface area (Å²) in [5.41, 5.74) is 6.85. The first-order chi connectivity index (χ1) is 6.27. The number of phenolic OH excluding ortho intramolecular Hbond substituents is 1. The van der Waals surface area contributed by atoms with Gasteiger partial charge >= 0.3 is 0 Å². The van der Waals surface area contributed by atoms with E-state index in [1.165, 1.54) is 6.07 Å². The second-order valence-corrected chi connectivity index (χ2v) is 2.89. The lowest BCUT2D eigenvalue weighted by atomic mass is 10.0. The van der Waals surface area contributed by atoms with Crippen LogP contribution in [0.15, 0.2) is 18.2 Å². The summed E-state index contributed by atoms with van der Waals surface area (Å²) in [6, 6.07) is 4.74. The van der Waals surface area contributed by atoms with E-state index in [1.54, 1.807) is 12.1 Å². The summed E-state index contributed by atoms with van der Waals surface area (Å²) in [5.74, 6) is 0.192. The lowest BCUT2D eigenvalue weighted by Crippen LogP contribution is -2.02. The third-order valence-corrected chi connectivity index (χ3v) is 1.90. The predicted octanol–water partition coefficient (Wildman–Crippen LogP) is 1.10. The largest absolute Gasteiger partial charge is 0.508 e. The Morgan fingerprint density at radius 2 is 2.23 bits per heavy atom. The normalized spacial score (nSPS) is 9.92. The van der Waals surface area contributed by atoms with E-state index in [4.69, 9.17) is 5.73 Å². The molecule has 0 heterocycles. The van der Waals surface area contributed by atoms with Gasteiger partial charge in [0.1, 0.15) is 12.0 Å². The van der Waals surface area contributed by atoms with Crippen LogP contribution in [-0.4, -0.2) is 17.9 Å². The number of nitrogens with two attached hydrogens (primary N) is 1. The first kappa shape index (κ1) is 9.74. The maximum Gasteiger partial charge on any atom is 0.150 e. The SMILES string of the molecule is NCCCc1cc(O)ccc1C=O. The van der Waals surface area contributed by atoms with Crippen molar-refractivity contribution < 1.29 is 9.90 Å². The molecule has 0 aliphatic carbocycles. The van der Waals surface area contributed by atoms with Crippen molar-refractivity contribution in [2.24, 2.45) is 5.73 Å². The molecule has 0 fully saturated rings. The van der Waals surface area contributed by atoms with Crippen LogP contribution in [0.5, 0.6) is 5.75 Å². The van der Waals surface area contributed by atoms with Crippen molar-refractivity contribution >= 4 is 6.29 Å². The Bertz CT molecular complexity index is 297. The fraction of sp³-hybridized carbons (Fsp3) is 0.300. The van der Waals surface area contributed by atoms with Gasteiger partial charge in [-0.2, -0.15) is 0 Å². The van der Waals surface area contributed by atoms with Crippen LogP contribution in [0, 0.1) is 0 Å². The third kappa shape index (κ3) is 2.56. The van der Waals surface area contributed by atoms with Gasteiger partial charge in [-0.25, -0.2) is 0 Å². The Morgan fingerprint density at radius 1 is 1.46 bits per heavy atom. The van der Waals surface area contributed by atoms with Crippen LogP contribution in [0.2, 0.25) is 0 Å². The molecule has 3 nitrogen and oxygen atoms in total. The van der Waals surface area contributed by atoms with Crippen molar-refractivity contribution in [1.82, 2.24) is 0 Å². The number of aldehydes is 1. The number of benzene rings is 1. The predicted molar refractivity (Wildman–Crippen MR) is 50.9 cm³/mol.